The zero-order valence-electron chi connectivity index (χ0n) is 13.0. The molecule has 0 saturated heterocycles. The summed E-state index contributed by atoms with van der Waals surface area (Å²) in [5.41, 5.74) is 11.2. The first-order valence-corrected chi connectivity index (χ1v) is 8.45. The van der Waals surface area contributed by atoms with Gasteiger partial charge in [0.2, 0.25) is 5.91 Å². The molecule has 4 N–H and O–H groups in total. The van der Waals surface area contributed by atoms with Gasteiger partial charge in [-0.3, -0.25) is 4.79 Å². The van der Waals surface area contributed by atoms with Crippen LogP contribution in [0.5, 0.6) is 0 Å². The largest absolute Gasteiger partial charge is 0.386 e. The van der Waals surface area contributed by atoms with Crippen molar-refractivity contribution in [3.05, 3.63) is 22.4 Å². The molecule has 7 nitrogen and oxygen atoms in total. The first-order valence-electron chi connectivity index (χ1n) is 7.51. The lowest BCUT2D eigenvalue weighted by Gasteiger charge is -2.20. The van der Waals surface area contributed by atoms with Gasteiger partial charge in [0.25, 0.3) is 0 Å². The first kappa shape index (κ1) is 18.8. The van der Waals surface area contributed by atoms with Gasteiger partial charge in [0.15, 0.2) is 0 Å². The molecule has 1 aliphatic rings. The minimum Gasteiger partial charge on any atom is -0.386 e. The van der Waals surface area contributed by atoms with Crippen LogP contribution in [0.3, 0.4) is 0 Å². The Morgan fingerprint density at radius 1 is 1.35 bits per heavy atom. The summed E-state index contributed by atoms with van der Waals surface area (Å²) >= 11 is 1.47. The van der Waals surface area contributed by atoms with Gasteiger partial charge in [-0.05, 0) is 22.6 Å². The van der Waals surface area contributed by atoms with Crippen molar-refractivity contribution < 1.29 is 4.79 Å². The van der Waals surface area contributed by atoms with Crippen LogP contribution in [-0.2, 0) is 0 Å². The topological polar surface area (TPSA) is 130 Å². The first-order chi connectivity index (χ1) is 11.1. The van der Waals surface area contributed by atoms with Crippen LogP contribution in [0.4, 0.5) is 0 Å². The van der Waals surface area contributed by atoms with E-state index in [1.807, 2.05) is 11.4 Å². The van der Waals surface area contributed by atoms with Gasteiger partial charge < -0.3 is 11.5 Å². The summed E-state index contributed by atoms with van der Waals surface area (Å²) in [7, 11) is 0. The van der Waals surface area contributed by atoms with E-state index in [0.29, 0.717) is 17.3 Å². The molecule has 1 saturated carbocycles. The van der Waals surface area contributed by atoms with Gasteiger partial charge in [-0.2, -0.15) is 21.7 Å². The summed E-state index contributed by atoms with van der Waals surface area (Å²) in [5.74, 6) is 0.837. The molecule has 0 bridgehead atoms. The number of hydrogen-bond donors (Lipinski definition) is 2. The molecule has 0 spiro atoms. The quantitative estimate of drug-likeness (QED) is 0.282. The summed E-state index contributed by atoms with van der Waals surface area (Å²) in [6, 6.07) is 3.55. The Hall–Kier alpha value is -2.27. The van der Waals surface area contributed by atoms with Gasteiger partial charge in [-0.1, -0.05) is 32.1 Å². The number of primary amides is 1. The zero-order valence-corrected chi connectivity index (χ0v) is 13.8. The van der Waals surface area contributed by atoms with Crippen molar-refractivity contribution >= 4 is 23.1 Å². The molecule has 0 aromatic carbocycles. The normalized spacial score (nSPS) is 15.7. The molecular weight excluding hydrogens is 312 g/mol. The number of hydrogen-bond acceptors (Lipinski definition) is 5. The van der Waals surface area contributed by atoms with E-state index in [0.717, 1.165) is 6.42 Å². The minimum absolute atomic E-state index is 0.0419. The predicted octanol–water partition coefficient (Wildman–Crippen LogP) is 3.05. The number of nitrogens with zero attached hydrogens (tertiary/aromatic N) is 4. The third-order valence-electron chi connectivity index (χ3n) is 3.41. The predicted molar refractivity (Wildman–Crippen MR) is 91.0 cm³/mol. The summed E-state index contributed by atoms with van der Waals surface area (Å²) in [4.78, 5) is 10.3. The van der Waals surface area contributed by atoms with E-state index in [9.17, 15) is 4.79 Å². The fraction of sp³-hybridized carbons (Fsp3) is 0.533. The van der Waals surface area contributed by atoms with Crippen molar-refractivity contribution in [2.45, 2.75) is 38.5 Å². The third kappa shape index (κ3) is 8.68. The molecule has 0 atom stereocenters. The Balaban J connectivity index is 0.000000277. The second kappa shape index (κ2) is 11.3. The minimum atomic E-state index is -0.355. The lowest BCUT2D eigenvalue weighted by atomic mass is 9.87. The molecule has 124 valence electrons. The summed E-state index contributed by atoms with van der Waals surface area (Å²) in [6.07, 6.45) is 7.24. The number of carbonyl (C=O) groups excluding carboxylic acids is 1. The van der Waals surface area contributed by atoms with Crippen LogP contribution in [0.1, 0.15) is 48.9 Å². The van der Waals surface area contributed by atoms with Crippen LogP contribution < -0.4 is 11.5 Å². The van der Waals surface area contributed by atoms with E-state index in [1.54, 1.807) is 11.4 Å². The monoisotopic (exact) mass is 334 g/mol. The van der Waals surface area contributed by atoms with Crippen LogP contribution in [0.25, 0.3) is 0 Å². The number of amidine groups is 1. The average molecular weight is 334 g/mol. The van der Waals surface area contributed by atoms with Crippen molar-refractivity contribution in [1.82, 2.24) is 0 Å². The maximum absolute atomic E-state index is 10.3. The number of rotatable bonds is 5. The third-order valence-corrected chi connectivity index (χ3v) is 4.09. The van der Waals surface area contributed by atoms with Crippen molar-refractivity contribution in [2.75, 3.05) is 6.54 Å². The van der Waals surface area contributed by atoms with Crippen LogP contribution >= 0.6 is 11.3 Å². The number of amides is 1. The molecule has 0 radical (unpaired) electrons. The summed E-state index contributed by atoms with van der Waals surface area (Å²) < 4.78 is 0. The highest BCUT2D eigenvalue weighted by molar-refractivity contribution is 7.08. The van der Waals surface area contributed by atoms with Gasteiger partial charge in [0, 0.05) is 17.4 Å². The van der Waals surface area contributed by atoms with E-state index >= 15 is 0 Å². The molecule has 1 heterocycles. The van der Waals surface area contributed by atoms with Gasteiger partial charge in [0.1, 0.15) is 12.4 Å². The Labute approximate surface area is 140 Å². The standard InChI is InChI=1S/C10H17N5.C5H5NOS/c11-6-7-13-15-14-10(12)8-9-4-2-1-3-5-9;6-5(7)4-1-2-8-3-4/h9H,1-5,7-8H2,(H2,12,13,14);1-3H,(H2,6,7). The summed E-state index contributed by atoms with van der Waals surface area (Å²) in [6.45, 7) is 0.0419. The Kier molecular flexibility index (Phi) is 9.24. The maximum Gasteiger partial charge on any atom is 0.249 e. The van der Waals surface area contributed by atoms with Crippen LogP contribution in [0.15, 0.2) is 32.3 Å². The highest BCUT2D eigenvalue weighted by atomic mass is 32.1. The van der Waals surface area contributed by atoms with E-state index in [-0.39, 0.29) is 12.5 Å². The Morgan fingerprint density at radius 2 is 2.09 bits per heavy atom. The van der Waals surface area contributed by atoms with E-state index < -0.39 is 0 Å². The van der Waals surface area contributed by atoms with Crippen LogP contribution in [0.2, 0.25) is 0 Å². The molecule has 2 rings (SSSR count). The number of nitriles is 1. The fourth-order valence-corrected chi connectivity index (χ4v) is 2.93. The lowest BCUT2D eigenvalue weighted by Crippen LogP contribution is -2.18. The van der Waals surface area contributed by atoms with Crippen molar-refractivity contribution in [3.63, 3.8) is 0 Å². The number of carbonyl (C=O) groups is 1. The van der Waals surface area contributed by atoms with Crippen LogP contribution in [0, 0.1) is 17.2 Å². The molecule has 8 heteroatoms. The van der Waals surface area contributed by atoms with E-state index in [2.05, 4.69) is 15.4 Å². The second-order valence-corrected chi connectivity index (χ2v) is 6.00. The molecule has 0 unspecified atom stereocenters. The summed E-state index contributed by atoms with van der Waals surface area (Å²) in [5, 5.41) is 22.5. The highest BCUT2D eigenvalue weighted by Crippen LogP contribution is 2.25. The molecular formula is C15H22N6OS. The highest BCUT2D eigenvalue weighted by Gasteiger charge is 2.14. The lowest BCUT2D eigenvalue weighted by molar-refractivity contribution is 0.100. The molecule has 1 amide bonds. The molecule has 0 aliphatic heterocycles. The second-order valence-electron chi connectivity index (χ2n) is 5.22. The molecule has 1 aromatic rings. The van der Waals surface area contributed by atoms with E-state index in [4.69, 9.17) is 16.7 Å². The maximum atomic E-state index is 10.3. The van der Waals surface area contributed by atoms with Crippen molar-refractivity contribution in [2.24, 2.45) is 32.8 Å². The van der Waals surface area contributed by atoms with Crippen molar-refractivity contribution in [1.29, 1.82) is 5.26 Å². The van der Waals surface area contributed by atoms with Crippen LogP contribution in [-0.4, -0.2) is 18.3 Å². The number of thiophene rings is 1. The molecule has 1 fully saturated rings. The van der Waals surface area contributed by atoms with Crippen molar-refractivity contribution in [3.8, 4) is 6.07 Å². The Bertz CT molecular complexity index is 555. The smallest absolute Gasteiger partial charge is 0.249 e. The zero-order chi connectivity index (χ0) is 16.9. The van der Waals surface area contributed by atoms with Gasteiger partial charge in [-0.25, -0.2) is 0 Å². The molecule has 23 heavy (non-hydrogen) atoms. The average Bonchev–Trinajstić information content (AvgIpc) is 3.08. The van der Waals surface area contributed by atoms with Gasteiger partial charge in [0.05, 0.1) is 6.07 Å². The van der Waals surface area contributed by atoms with Gasteiger partial charge in [-0.15, -0.1) is 5.10 Å². The fourth-order valence-electron chi connectivity index (χ4n) is 2.28. The molecule has 1 aliphatic carbocycles. The van der Waals surface area contributed by atoms with Gasteiger partial charge >= 0.3 is 0 Å². The SMILES string of the molecule is N#CCN=N/N=C(\N)CC1CCCCC1.NC(=O)c1ccsc1. The number of nitrogens with two attached hydrogens (primary N) is 2. The molecule has 1 aromatic heterocycles. The van der Waals surface area contributed by atoms with E-state index in [1.165, 1.54) is 43.4 Å². The Morgan fingerprint density at radius 3 is 2.61 bits per heavy atom.